The van der Waals surface area contributed by atoms with E-state index in [9.17, 15) is 14.7 Å². The molecule has 0 spiro atoms. The lowest BCUT2D eigenvalue weighted by Crippen LogP contribution is -2.29. The van der Waals surface area contributed by atoms with Crippen molar-refractivity contribution in [3.05, 3.63) is 82.8 Å². The van der Waals surface area contributed by atoms with Gasteiger partial charge in [0.05, 0.1) is 38.1 Å². The Bertz CT molecular complexity index is 1340. The minimum atomic E-state index is -0.858. The fraction of sp³-hybridized carbons (Fsp3) is 0.286. The SMILES string of the molecule is CCOc1ccc(C2C(=C(O)c3ccc4c(c3)CC(C)O4)C(=O)C(=O)N2Cc2ccco2)cc1OC. The zero-order valence-electron chi connectivity index (χ0n) is 20.3. The molecule has 0 radical (unpaired) electrons. The van der Waals surface area contributed by atoms with Crippen molar-refractivity contribution in [1.82, 2.24) is 4.90 Å². The van der Waals surface area contributed by atoms with Gasteiger partial charge in [-0.15, -0.1) is 0 Å². The standard InChI is InChI=1S/C28H27NO7/c1-4-34-22-10-7-17(14-23(22)33-3)25-24(27(31)28(32)29(25)15-20-6-5-11-35-20)26(30)18-8-9-21-19(13-18)12-16(2)36-21/h5-11,13-14,16,25,30H,4,12,15H2,1-3H3. The number of ether oxygens (including phenoxy) is 3. The zero-order chi connectivity index (χ0) is 25.4. The van der Waals surface area contributed by atoms with Crippen molar-refractivity contribution in [1.29, 1.82) is 0 Å². The highest BCUT2D eigenvalue weighted by Crippen LogP contribution is 2.43. The molecular formula is C28H27NO7. The Morgan fingerprint density at radius 3 is 2.69 bits per heavy atom. The lowest BCUT2D eigenvalue weighted by atomic mass is 9.94. The van der Waals surface area contributed by atoms with Crippen molar-refractivity contribution in [2.24, 2.45) is 0 Å². The van der Waals surface area contributed by atoms with E-state index in [-0.39, 0.29) is 24.0 Å². The minimum Gasteiger partial charge on any atom is -0.507 e. The summed E-state index contributed by atoms with van der Waals surface area (Å²) >= 11 is 0. The predicted octanol–water partition coefficient (Wildman–Crippen LogP) is 4.63. The second-order valence-corrected chi connectivity index (χ2v) is 8.80. The number of nitrogens with zero attached hydrogens (tertiary/aromatic N) is 1. The van der Waals surface area contributed by atoms with Crippen LogP contribution in [-0.4, -0.2) is 41.5 Å². The first-order valence-corrected chi connectivity index (χ1v) is 11.8. The number of Topliss-reactive ketones (excluding diaryl/α,β-unsaturated/α-hetero) is 1. The van der Waals surface area contributed by atoms with Gasteiger partial charge < -0.3 is 28.6 Å². The van der Waals surface area contributed by atoms with Crippen LogP contribution < -0.4 is 14.2 Å². The third-order valence-electron chi connectivity index (χ3n) is 6.42. The van der Waals surface area contributed by atoms with Gasteiger partial charge in [0.15, 0.2) is 11.5 Å². The van der Waals surface area contributed by atoms with E-state index < -0.39 is 17.7 Å². The summed E-state index contributed by atoms with van der Waals surface area (Å²) in [6.07, 6.45) is 2.24. The number of aliphatic hydroxyl groups excluding tert-OH is 1. The molecule has 3 heterocycles. The Balaban J connectivity index is 1.64. The Morgan fingerprint density at radius 2 is 1.97 bits per heavy atom. The molecule has 1 saturated heterocycles. The number of carbonyl (C=O) groups excluding carboxylic acids is 2. The molecule has 36 heavy (non-hydrogen) atoms. The number of rotatable bonds is 7. The molecule has 5 rings (SSSR count). The summed E-state index contributed by atoms with van der Waals surface area (Å²) in [5.74, 6) is 0.552. The van der Waals surface area contributed by atoms with Gasteiger partial charge in [0.25, 0.3) is 11.7 Å². The highest BCUT2D eigenvalue weighted by molar-refractivity contribution is 6.46. The number of carbonyl (C=O) groups is 2. The number of benzene rings is 2. The van der Waals surface area contributed by atoms with Crippen LogP contribution in [-0.2, 0) is 22.6 Å². The summed E-state index contributed by atoms with van der Waals surface area (Å²) in [6, 6.07) is 13.1. The van der Waals surface area contributed by atoms with Crippen LogP contribution in [0, 0.1) is 0 Å². The van der Waals surface area contributed by atoms with E-state index >= 15 is 0 Å². The minimum absolute atomic E-state index is 0.00434. The summed E-state index contributed by atoms with van der Waals surface area (Å²) in [7, 11) is 1.52. The van der Waals surface area contributed by atoms with E-state index in [0.717, 1.165) is 11.3 Å². The molecule has 0 saturated carbocycles. The van der Waals surface area contributed by atoms with Crippen molar-refractivity contribution in [2.45, 2.75) is 39.0 Å². The van der Waals surface area contributed by atoms with Crippen LogP contribution in [0.15, 0.2) is 64.8 Å². The van der Waals surface area contributed by atoms with Crippen molar-refractivity contribution in [3.8, 4) is 17.2 Å². The molecular weight excluding hydrogens is 462 g/mol. The van der Waals surface area contributed by atoms with Gasteiger partial charge in [-0.05, 0) is 67.4 Å². The number of ketones is 1. The zero-order valence-corrected chi connectivity index (χ0v) is 20.3. The first-order chi connectivity index (χ1) is 17.4. The Labute approximate surface area is 208 Å². The highest BCUT2D eigenvalue weighted by atomic mass is 16.5. The average molecular weight is 490 g/mol. The largest absolute Gasteiger partial charge is 0.507 e. The van der Waals surface area contributed by atoms with E-state index in [1.54, 1.807) is 42.5 Å². The smallest absolute Gasteiger partial charge is 0.296 e. The van der Waals surface area contributed by atoms with Crippen molar-refractivity contribution in [3.63, 3.8) is 0 Å². The van der Waals surface area contributed by atoms with E-state index in [4.69, 9.17) is 18.6 Å². The maximum atomic E-state index is 13.3. The first kappa shape index (κ1) is 23.5. The van der Waals surface area contributed by atoms with E-state index in [2.05, 4.69) is 0 Å². The Morgan fingerprint density at radius 1 is 1.14 bits per heavy atom. The summed E-state index contributed by atoms with van der Waals surface area (Å²) in [4.78, 5) is 28.0. The fourth-order valence-electron chi connectivity index (χ4n) is 4.81. The van der Waals surface area contributed by atoms with Crippen LogP contribution in [0.3, 0.4) is 0 Å². The van der Waals surface area contributed by atoms with Gasteiger partial charge in [0.2, 0.25) is 0 Å². The van der Waals surface area contributed by atoms with Crippen LogP contribution in [0.5, 0.6) is 17.2 Å². The number of methoxy groups -OCH3 is 1. The highest BCUT2D eigenvalue weighted by Gasteiger charge is 2.46. The Hall–Kier alpha value is -4.20. The molecule has 8 heteroatoms. The van der Waals surface area contributed by atoms with Gasteiger partial charge >= 0.3 is 0 Å². The molecule has 2 atom stereocenters. The lowest BCUT2D eigenvalue weighted by molar-refractivity contribution is -0.140. The predicted molar refractivity (Wildman–Crippen MR) is 131 cm³/mol. The van der Waals surface area contributed by atoms with Gasteiger partial charge in [-0.1, -0.05) is 6.07 Å². The average Bonchev–Trinajstić information content (AvgIpc) is 3.58. The van der Waals surface area contributed by atoms with Gasteiger partial charge in [-0.25, -0.2) is 0 Å². The van der Waals surface area contributed by atoms with Gasteiger partial charge in [-0.3, -0.25) is 9.59 Å². The van der Waals surface area contributed by atoms with E-state index in [0.29, 0.717) is 41.4 Å². The fourth-order valence-corrected chi connectivity index (χ4v) is 4.81. The molecule has 0 aliphatic carbocycles. The number of hydrogen-bond donors (Lipinski definition) is 1. The van der Waals surface area contributed by atoms with Crippen LogP contribution in [0.1, 0.15) is 42.3 Å². The van der Waals surface area contributed by atoms with Crippen molar-refractivity contribution in [2.75, 3.05) is 13.7 Å². The molecule has 2 aliphatic rings. The van der Waals surface area contributed by atoms with Gasteiger partial charge in [0.1, 0.15) is 23.4 Å². The van der Waals surface area contributed by atoms with Crippen molar-refractivity contribution < 1.29 is 33.3 Å². The molecule has 1 amide bonds. The number of likely N-dealkylation sites (tertiary alicyclic amines) is 1. The lowest BCUT2D eigenvalue weighted by Gasteiger charge is -2.25. The molecule has 3 aromatic rings. The quantitative estimate of drug-likeness (QED) is 0.293. The summed E-state index contributed by atoms with van der Waals surface area (Å²) < 4.78 is 22.4. The second-order valence-electron chi connectivity index (χ2n) is 8.80. The van der Waals surface area contributed by atoms with E-state index in [1.165, 1.54) is 18.3 Å². The summed E-state index contributed by atoms with van der Waals surface area (Å²) in [5.41, 5.74) is 1.99. The molecule has 8 nitrogen and oxygen atoms in total. The number of aliphatic hydroxyl groups is 1. The number of hydrogen-bond acceptors (Lipinski definition) is 7. The second kappa shape index (κ2) is 9.45. The molecule has 2 aliphatic heterocycles. The molecule has 1 aromatic heterocycles. The van der Waals surface area contributed by atoms with E-state index in [1.807, 2.05) is 19.9 Å². The molecule has 1 N–H and O–H groups in total. The van der Waals surface area contributed by atoms with Crippen LogP contribution >= 0.6 is 0 Å². The summed E-state index contributed by atoms with van der Waals surface area (Å²) in [6.45, 7) is 4.35. The number of amides is 1. The van der Waals surface area contributed by atoms with Crippen molar-refractivity contribution >= 4 is 17.4 Å². The molecule has 2 aromatic carbocycles. The van der Waals surface area contributed by atoms with Crippen LogP contribution in [0.4, 0.5) is 0 Å². The maximum absolute atomic E-state index is 13.3. The van der Waals surface area contributed by atoms with Crippen LogP contribution in [0.2, 0.25) is 0 Å². The molecule has 186 valence electrons. The summed E-state index contributed by atoms with van der Waals surface area (Å²) in [5, 5.41) is 11.4. The third kappa shape index (κ3) is 4.08. The van der Waals surface area contributed by atoms with Crippen LogP contribution in [0.25, 0.3) is 5.76 Å². The number of fused-ring (bicyclic) bond motifs is 1. The normalized spacial score (nSPS) is 20.4. The Kier molecular flexibility index (Phi) is 6.18. The number of furan rings is 1. The maximum Gasteiger partial charge on any atom is 0.296 e. The molecule has 0 bridgehead atoms. The monoisotopic (exact) mass is 489 g/mol. The third-order valence-corrected chi connectivity index (χ3v) is 6.42. The first-order valence-electron chi connectivity index (χ1n) is 11.8. The topological polar surface area (TPSA) is 98.4 Å². The molecule has 1 fully saturated rings. The molecule has 2 unspecified atom stereocenters. The van der Waals surface area contributed by atoms with Gasteiger partial charge in [-0.2, -0.15) is 0 Å². The van der Waals surface area contributed by atoms with Gasteiger partial charge in [0, 0.05) is 12.0 Å².